The van der Waals surface area contributed by atoms with Gasteiger partial charge in [-0.15, -0.1) is 0 Å². The number of ether oxygens (including phenoxy) is 1. The first-order valence-corrected chi connectivity index (χ1v) is 6.59. The van der Waals surface area contributed by atoms with Crippen molar-refractivity contribution in [1.82, 2.24) is 4.90 Å². The summed E-state index contributed by atoms with van der Waals surface area (Å²) in [4.78, 5) is 2.29. The lowest BCUT2D eigenvalue weighted by atomic mass is 9.73. The van der Waals surface area contributed by atoms with Gasteiger partial charge in [0, 0.05) is 17.6 Å². The fourth-order valence-corrected chi connectivity index (χ4v) is 3.01. The number of hydrogen-bond donors (Lipinski definition) is 1. The lowest BCUT2D eigenvalue weighted by Gasteiger charge is -2.42. The molecule has 2 rings (SSSR count). The average molecular weight is 248 g/mol. The maximum atomic E-state index is 5.94. The van der Waals surface area contributed by atoms with E-state index in [9.17, 15) is 0 Å². The van der Waals surface area contributed by atoms with Gasteiger partial charge < -0.3 is 15.4 Å². The summed E-state index contributed by atoms with van der Waals surface area (Å²) >= 11 is 0. The van der Waals surface area contributed by atoms with E-state index in [4.69, 9.17) is 10.5 Å². The highest BCUT2D eigenvalue weighted by Gasteiger charge is 2.36. The summed E-state index contributed by atoms with van der Waals surface area (Å²) in [6, 6.07) is 7.20. The van der Waals surface area contributed by atoms with Crippen LogP contribution in [0.3, 0.4) is 0 Å². The van der Waals surface area contributed by atoms with Crippen LogP contribution in [0.5, 0.6) is 5.75 Å². The molecule has 18 heavy (non-hydrogen) atoms. The topological polar surface area (TPSA) is 38.5 Å². The second-order valence-electron chi connectivity index (χ2n) is 5.65. The van der Waals surface area contributed by atoms with Gasteiger partial charge in [-0.05, 0) is 45.8 Å². The van der Waals surface area contributed by atoms with Crippen molar-refractivity contribution in [3.05, 3.63) is 29.3 Å². The molecule has 0 radical (unpaired) electrons. The largest absolute Gasteiger partial charge is 0.496 e. The highest BCUT2D eigenvalue weighted by molar-refractivity contribution is 5.39. The Morgan fingerprint density at radius 3 is 2.50 bits per heavy atom. The Kier molecular flexibility index (Phi) is 3.93. The van der Waals surface area contributed by atoms with Crippen molar-refractivity contribution in [2.75, 3.05) is 21.2 Å². The van der Waals surface area contributed by atoms with Crippen LogP contribution in [0.15, 0.2) is 18.2 Å². The number of benzene rings is 1. The van der Waals surface area contributed by atoms with Crippen molar-refractivity contribution in [2.24, 2.45) is 11.7 Å². The molecule has 1 aliphatic carbocycles. The molecule has 100 valence electrons. The Bertz CT molecular complexity index is 411. The minimum atomic E-state index is 0.383. The number of nitrogens with two attached hydrogens (primary N) is 1. The summed E-state index contributed by atoms with van der Waals surface area (Å²) in [6.45, 7) is 2.13. The fourth-order valence-electron chi connectivity index (χ4n) is 3.01. The van der Waals surface area contributed by atoms with Crippen molar-refractivity contribution >= 4 is 0 Å². The number of aryl methyl sites for hydroxylation is 1. The number of rotatable bonds is 4. The van der Waals surface area contributed by atoms with E-state index in [0.717, 1.165) is 18.6 Å². The van der Waals surface area contributed by atoms with Crippen molar-refractivity contribution in [2.45, 2.75) is 31.8 Å². The van der Waals surface area contributed by atoms with Gasteiger partial charge in [-0.25, -0.2) is 0 Å². The second kappa shape index (κ2) is 5.29. The molecule has 3 heteroatoms. The Balaban J connectivity index is 2.33. The van der Waals surface area contributed by atoms with Crippen molar-refractivity contribution in [3.8, 4) is 5.75 Å². The molecular weight excluding hydrogens is 224 g/mol. The fraction of sp³-hybridized carbons (Fsp3) is 0.600. The number of methoxy groups -OCH3 is 1. The van der Waals surface area contributed by atoms with Crippen LogP contribution in [0.2, 0.25) is 0 Å². The Morgan fingerprint density at radius 2 is 2.00 bits per heavy atom. The van der Waals surface area contributed by atoms with E-state index in [1.54, 1.807) is 7.11 Å². The zero-order valence-corrected chi connectivity index (χ0v) is 11.8. The SMILES string of the molecule is COc1ccc(C)cc1C(C1CC(N)C1)N(C)C. The van der Waals surface area contributed by atoms with E-state index in [0.29, 0.717) is 18.0 Å². The highest BCUT2D eigenvalue weighted by atomic mass is 16.5. The van der Waals surface area contributed by atoms with Gasteiger partial charge in [-0.3, -0.25) is 0 Å². The third-order valence-electron chi connectivity index (χ3n) is 3.92. The minimum Gasteiger partial charge on any atom is -0.496 e. The van der Waals surface area contributed by atoms with E-state index in [1.165, 1.54) is 11.1 Å². The van der Waals surface area contributed by atoms with E-state index >= 15 is 0 Å². The molecule has 3 nitrogen and oxygen atoms in total. The summed E-state index contributed by atoms with van der Waals surface area (Å²) in [6.07, 6.45) is 2.22. The highest BCUT2D eigenvalue weighted by Crippen LogP contribution is 2.42. The van der Waals surface area contributed by atoms with Crippen LogP contribution >= 0.6 is 0 Å². The zero-order chi connectivity index (χ0) is 13.3. The smallest absolute Gasteiger partial charge is 0.123 e. The predicted molar refractivity (Wildman–Crippen MR) is 74.9 cm³/mol. The third-order valence-corrected chi connectivity index (χ3v) is 3.92. The van der Waals surface area contributed by atoms with E-state index in [2.05, 4.69) is 44.1 Å². The quantitative estimate of drug-likeness (QED) is 0.889. The van der Waals surface area contributed by atoms with Gasteiger partial charge in [0.2, 0.25) is 0 Å². The van der Waals surface area contributed by atoms with Gasteiger partial charge in [0.1, 0.15) is 5.75 Å². The predicted octanol–water partition coefficient (Wildman–Crippen LogP) is 2.34. The normalized spacial score (nSPS) is 24.8. The maximum absolute atomic E-state index is 5.94. The molecule has 1 aromatic carbocycles. The maximum Gasteiger partial charge on any atom is 0.123 e. The summed E-state index contributed by atoms with van der Waals surface area (Å²) in [7, 11) is 6.01. The molecule has 0 aliphatic heterocycles. The van der Waals surface area contributed by atoms with Gasteiger partial charge in [-0.1, -0.05) is 17.7 Å². The van der Waals surface area contributed by atoms with Crippen LogP contribution < -0.4 is 10.5 Å². The lowest BCUT2D eigenvalue weighted by molar-refractivity contribution is 0.121. The Labute approximate surface area is 110 Å². The molecule has 0 amide bonds. The van der Waals surface area contributed by atoms with E-state index < -0.39 is 0 Å². The van der Waals surface area contributed by atoms with Crippen LogP contribution in [0.4, 0.5) is 0 Å². The van der Waals surface area contributed by atoms with Crippen molar-refractivity contribution < 1.29 is 4.74 Å². The number of nitrogens with zero attached hydrogens (tertiary/aromatic N) is 1. The molecule has 1 saturated carbocycles. The molecule has 2 N–H and O–H groups in total. The van der Waals surface area contributed by atoms with Crippen LogP contribution in [0.25, 0.3) is 0 Å². The monoisotopic (exact) mass is 248 g/mol. The first kappa shape index (κ1) is 13.4. The minimum absolute atomic E-state index is 0.383. The van der Waals surface area contributed by atoms with Gasteiger partial charge in [0.05, 0.1) is 7.11 Å². The Hall–Kier alpha value is -1.06. The Morgan fingerprint density at radius 1 is 1.33 bits per heavy atom. The first-order valence-electron chi connectivity index (χ1n) is 6.59. The van der Waals surface area contributed by atoms with Crippen LogP contribution in [0.1, 0.15) is 30.0 Å². The van der Waals surface area contributed by atoms with E-state index in [-0.39, 0.29) is 0 Å². The average Bonchev–Trinajstić information content (AvgIpc) is 2.27. The molecule has 0 bridgehead atoms. The summed E-state index contributed by atoms with van der Waals surface area (Å²) in [5, 5.41) is 0. The molecule has 1 fully saturated rings. The molecule has 0 heterocycles. The number of hydrogen-bond acceptors (Lipinski definition) is 3. The molecule has 0 aromatic heterocycles. The molecule has 1 aromatic rings. The standard InChI is InChI=1S/C15H24N2O/c1-10-5-6-14(18-4)13(7-10)15(17(2)3)11-8-12(16)9-11/h5-7,11-12,15H,8-9,16H2,1-4H3. The van der Waals surface area contributed by atoms with Crippen LogP contribution in [-0.2, 0) is 0 Å². The lowest BCUT2D eigenvalue weighted by Crippen LogP contribution is -2.43. The summed E-state index contributed by atoms with van der Waals surface area (Å²) < 4.78 is 5.52. The summed E-state index contributed by atoms with van der Waals surface area (Å²) in [5.41, 5.74) is 8.51. The van der Waals surface area contributed by atoms with E-state index in [1.807, 2.05) is 0 Å². The molecule has 1 aliphatic rings. The van der Waals surface area contributed by atoms with Gasteiger partial charge in [-0.2, -0.15) is 0 Å². The first-order chi connectivity index (χ1) is 8.52. The molecule has 0 saturated heterocycles. The van der Waals surface area contributed by atoms with Gasteiger partial charge in [0.15, 0.2) is 0 Å². The second-order valence-corrected chi connectivity index (χ2v) is 5.65. The summed E-state index contributed by atoms with van der Waals surface area (Å²) in [5.74, 6) is 1.63. The van der Waals surface area contributed by atoms with Crippen molar-refractivity contribution in [1.29, 1.82) is 0 Å². The molecule has 0 spiro atoms. The van der Waals surface area contributed by atoms with Gasteiger partial charge in [0.25, 0.3) is 0 Å². The van der Waals surface area contributed by atoms with Gasteiger partial charge >= 0.3 is 0 Å². The van der Waals surface area contributed by atoms with Crippen molar-refractivity contribution in [3.63, 3.8) is 0 Å². The van der Waals surface area contributed by atoms with Crippen LogP contribution in [0, 0.1) is 12.8 Å². The molecular formula is C15H24N2O. The zero-order valence-electron chi connectivity index (χ0n) is 11.8. The van der Waals surface area contributed by atoms with Crippen LogP contribution in [-0.4, -0.2) is 32.1 Å². The molecule has 1 atom stereocenters. The molecule has 1 unspecified atom stereocenters. The third kappa shape index (κ3) is 2.52.